The van der Waals surface area contributed by atoms with Gasteiger partial charge in [-0.05, 0) is 73.2 Å². The normalized spacial score (nSPS) is 12.8. The van der Waals surface area contributed by atoms with Crippen LogP contribution in [0.5, 0.6) is 0 Å². The fraction of sp³-hybridized carbons (Fsp3) is 0.261. The zero-order chi connectivity index (χ0) is 22.9. The van der Waals surface area contributed by atoms with E-state index in [1.165, 1.54) is 12.3 Å². The van der Waals surface area contributed by atoms with Gasteiger partial charge in [-0.15, -0.1) is 0 Å². The second-order valence-electron chi connectivity index (χ2n) is 7.32. The summed E-state index contributed by atoms with van der Waals surface area (Å²) in [6.07, 6.45) is -2.77. The van der Waals surface area contributed by atoms with Crippen molar-refractivity contribution in [3.63, 3.8) is 0 Å². The highest BCUT2D eigenvalue weighted by molar-refractivity contribution is 5.73. The van der Waals surface area contributed by atoms with Crippen molar-refractivity contribution in [3.05, 3.63) is 75.0 Å². The Kier molecular flexibility index (Phi) is 6.12. The average Bonchev–Trinajstić information content (AvgIpc) is 3.15. The zero-order valence-electron chi connectivity index (χ0n) is 17.0. The minimum absolute atomic E-state index is 0.0535. The molecule has 0 aliphatic heterocycles. The Labute approximate surface area is 176 Å². The van der Waals surface area contributed by atoms with Gasteiger partial charge in [0.15, 0.2) is 6.17 Å². The van der Waals surface area contributed by atoms with Gasteiger partial charge < -0.3 is 0 Å². The van der Waals surface area contributed by atoms with Crippen molar-refractivity contribution in [1.82, 2.24) is 10.2 Å². The smallest absolute Gasteiger partial charge is 0.156 e. The number of nitrogens with one attached hydrogen (secondary N) is 1. The van der Waals surface area contributed by atoms with Crippen LogP contribution in [0.2, 0.25) is 0 Å². The molecule has 3 aromatic rings. The summed E-state index contributed by atoms with van der Waals surface area (Å²) >= 11 is 0. The van der Waals surface area contributed by atoms with Crippen molar-refractivity contribution >= 4 is 0 Å². The molecule has 0 aliphatic rings. The van der Waals surface area contributed by atoms with Gasteiger partial charge in [0, 0.05) is 0 Å². The summed E-state index contributed by atoms with van der Waals surface area (Å²) in [5, 5.41) is 25.7. The standard InChI is InChI=1S/C23H18F4N4/c1-11-10-30-31-23(11)21-19(9-29)12(2)14(6-20(21)26)5-17-15(8-28)4-16(25)7-18(17)22(27)13(3)24/h4,6-7,10,13,22H,5H2,1-3H3,(H,30,31). The van der Waals surface area contributed by atoms with Gasteiger partial charge in [-0.2, -0.15) is 15.6 Å². The minimum Gasteiger partial charge on any atom is -0.277 e. The van der Waals surface area contributed by atoms with E-state index >= 15 is 4.39 Å². The van der Waals surface area contributed by atoms with Crippen molar-refractivity contribution in [2.45, 2.75) is 39.5 Å². The van der Waals surface area contributed by atoms with Crippen LogP contribution in [-0.2, 0) is 6.42 Å². The molecular weight excluding hydrogens is 408 g/mol. The van der Waals surface area contributed by atoms with E-state index in [4.69, 9.17) is 0 Å². The first-order valence-corrected chi connectivity index (χ1v) is 9.42. The highest BCUT2D eigenvalue weighted by atomic mass is 19.2. The van der Waals surface area contributed by atoms with Gasteiger partial charge in [-0.25, -0.2) is 17.6 Å². The molecule has 3 rings (SSSR count). The molecule has 0 saturated heterocycles. The van der Waals surface area contributed by atoms with Gasteiger partial charge in [-0.3, -0.25) is 5.10 Å². The molecule has 0 bridgehead atoms. The van der Waals surface area contributed by atoms with Gasteiger partial charge in [0.05, 0.1) is 34.7 Å². The van der Waals surface area contributed by atoms with Gasteiger partial charge in [0.1, 0.15) is 23.9 Å². The lowest BCUT2D eigenvalue weighted by Crippen LogP contribution is -2.11. The lowest BCUT2D eigenvalue weighted by Gasteiger charge is -2.19. The van der Waals surface area contributed by atoms with Crippen LogP contribution in [0, 0.1) is 48.1 Å². The fourth-order valence-electron chi connectivity index (χ4n) is 3.61. The van der Waals surface area contributed by atoms with Crippen molar-refractivity contribution in [2.75, 3.05) is 0 Å². The number of nitriles is 2. The number of hydrogen-bond donors (Lipinski definition) is 1. The number of halogens is 4. The van der Waals surface area contributed by atoms with E-state index in [2.05, 4.69) is 10.2 Å². The largest absolute Gasteiger partial charge is 0.277 e. The van der Waals surface area contributed by atoms with E-state index < -0.39 is 24.0 Å². The van der Waals surface area contributed by atoms with Crippen LogP contribution in [-0.4, -0.2) is 16.4 Å². The maximum atomic E-state index is 15.1. The summed E-state index contributed by atoms with van der Waals surface area (Å²) in [7, 11) is 0. The average molecular weight is 426 g/mol. The molecule has 0 amide bonds. The summed E-state index contributed by atoms with van der Waals surface area (Å²) in [6.45, 7) is 4.31. The number of aryl methyl sites for hydroxylation is 1. The van der Waals surface area contributed by atoms with E-state index in [0.29, 0.717) is 22.4 Å². The Balaban J connectivity index is 2.21. The number of benzene rings is 2. The summed E-state index contributed by atoms with van der Waals surface area (Å²) in [5.41, 5.74) is 1.40. The van der Waals surface area contributed by atoms with Crippen LogP contribution < -0.4 is 0 Å². The highest BCUT2D eigenvalue weighted by Crippen LogP contribution is 2.35. The summed E-state index contributed by atoms with van der Waals surface area (Å²) in [6, 6.07) is 6.74. The Morgan fingerprint density at radius 2 is 1.81 bits per heavy atom. The molecule has 158 valence electrons. The third kappa shape index (κ3) is 4.02. The van der Waals surface area contributed by atoms with Crippen molar-refractivity contribution in [3.8, 4) is 23.4 Å². The first-order valence-electron chi connectivity index (χ1n) is 9.42. The van der Waals surface area contributed by atoms with Gasteiger partial charge in [-0.1, -0.05) is 0 Å². The molecule has 0 spiro atoms. The fourth-order valence-corrected chi connectivity index (χ4v) is 3.61. The number of aromatic amines is 1. The molecule has 8 heteroatoms. The molecule has 2 aromatic carbocycles. The lowest BCUT2D eigenvalue weighted by atomic mass is 9.87. The maximum absolute atomic E-state index is 15.1. The Morgan fingerprint density at radius 3 is 2.35 bits per heavy atom. The number of aromatic nitrogens is 2. The van der Waals surface area contributed by atoms with Crippen molar-refractivity contribution in [1.29, 1.82) is 10.5 Å². The van der Waals surface area contributed by atoms with Crippen LogP contribution in [0.4, 0.5) is 17.6 Å². The topological polar surface area (TPSA) is 76.3 Å². The predicted octanol–water partition coefficient (Wildman–Crippen LogP) is 5.67. The van der Waals surface area contributed by atoms with Crippen LogP contribution in [0.1, 0.15) is 52.0 Å². The number of rotatable bonds is 5. The molecule has 0 fully saturated rings. The van der Waals surface area contributed by atoms with Gasteiger partial charge in [0.2, 0.25) is 0 Å². The second-order valence-corrected chi connectivity index (χ2v) is 7.32. The Bertz CT molecular complexity index is 1230. The number of hydrogen-bond acceptors (Lipinski definition) is 3. The minimum atomic E-state index is -2.16. The molecule has 31 heavy (non-hydrogen) atoms. The van der Waals surface area contributed by atoms with E-state index in [1.807, 2.05) is 6.07 Å². The van der Waals surface area contributed by atoms with Crippen LogP contribution in [0.3, 0.4) is 0 Å². The van der Waals surface area contributed by atoms with Gasteiger partial charge >= 0.3 is 0 Å². The monoisotopic (exact) mass is 426 g/mol. The number of H-pyrrole nitrogens is 1. The van der Waals surface area contributed by atoms with Crippen molar-refractivity contribution < 1.29 is 17.6 Å². The number of nitrogens with zero attached hydrogens (tertiary/aromatic N) is 3. The maximum Gasteiger partial charge on any atom is 0.156 e. The van der Waals surface area contributed by atoms with E-state index in [1.54, 1.807) is 19.9 Å². The molecule has 1 N–H and O–H groups in total. The predicted molar refractivity (Wildman–Crippen MR) is 107 cm³/mol. The SMILES string of the molecule is Cc1cn[nH]c1-c1c(F)cc(Cc2c(C#N)cc(F)cc2C(F)C(C)F)c(C)c1C#N. The second kappa shape index (κ2) is 8.61. The third-order valence-electron chi connectivity index (χ3n) is 5.27. The molecular formula is C23H18F4N4. The Hall–Kier alpha value is -3.65. The highest BCUT2D eigenvalue weighted by Gasteiger charge is 2.26. The summed E-state index contributed by atoms with van der Waals surface area (Å²) < 4.78 is 57.2. The van der Waals surface area contributed by atoms with Crippen molar-refractivity contribution in [2.24, 2.45) is 0 Å². The van der Waals surface area contributed by atoms with E-state index in [0.717, 1.165) is 19.1 Å². The molecule has 2 unspecified atom stereocenters. The first-order chi connectivity index (χ1) is 14.7. The number of alkyl halides is 2. The first kappa shape index (κ1) is 22.0. The summed E-state index contributed by atoms with van der Waals surface area (Å²) in [5.74, 6) is -1.58. The molecule has 0 radical (unpaired) electrons. The lowest BCUT2D eigenvalue weighted by molar-refractivity contribution is 0.183. The molecule has 1 heterocycles. The van der Waals surface area contributed by atoms with Crippen LogP contribution in [0.15, 0.2) is 24.4 Å². The molecule has 0 saturated carbocycles. The quantitative estimate of drug-likeness (QED) is 0.534. The molecule has 4 nitrogen and oxygen atoms in total. The van der Waals surface area contributed by atoms with E-state index in [-0.39, 0.29) is 34.2 Å². The third-order valence-corrected chi connectivity index (χ3v) is 5.27. The Morgan fingerprint density at radius 1 is 1.10 bits per heavy atom. The molecule has 2 atom stereocenters. The molecule has 0 aliphatic carbocycles. The van der Waals surface area contributed by atoms with Gasteiger partial charge in [0.25, 0.3) is 0 Å². The van der Waals surface area contributed by atoms with E-state index in [9.17, 15) is 23.7 Å². The van der Waals surface area contributed by atoms with Crippen LogP contribution in [0.25, 0.3) is 11.3 Å². The zero-order valence-corrected chi connectivity index (χ0v) is 17.0. The van der Waals surface area contributed by atoms with Crippen LogP contribution >= 0.6 is 0 Å². The molecule has 1 aromatic heterocycles. The summed E-state index contributed by atoms with van der Waals surface area (Å²) in [4.78, 5) is 0.